The number of unbranched alkanes of at least 4 members (excludes halogenated alkanes) is 3. The van der Waals surface area contributed by atoms with Gasteiger partial charge in [-0.1, -0.05) is 80.1 Å². The molecule has 0 N–H and O–H groups in total. The third-order valence-corrected chi connectivity index (χ3v) is 5.30. The van der Waals surface area contributed by atoms with Crippen molar-refractivity contribution in [2.45, 2.75) is 99.3 Å². The Hall–Kier alpha value is 0.310. The predicted octanol–water partition coefficient (Wildman–Crippen LogP) is 7.74. The second-order valence-corrected chi connectivity index (χ2v) is 9.61. The average Bonchev–Trinajstić information content (AvgIpc) is 2.52. The summed E-state index contributed by atoms with van der Waals surface area (Å²) < 4.78 is 17.7. The Morgan fingerprint density at radius 1 is 0.480 bits per heavy atom. The highest BCUT2D eigenvalue weighted by Crippen LogP contribution is 2.40. The fourth-order valence-corrected chi connectivity index (χ4v) is 3.55. The van der Waals surface area contributed by atoms with Gasteiger partial charge in [0.05, 0.1) is 19.8 Å². The first kappa shape index (κ1) is 25.3. The van der Waals surface area contributed by atoms with Crippen LogP contribution in [-0.4, -0.2) is 19.8 Å². The summed E-state index contributed by atoms with van der Waals surface area (Å²) in [6, 6.07) is 0. The second-order valence-electron chi connectivity index (χ2n) is 8.39. The van der Waals surface area contributed by atoms with Gasteiger partial charge in [-0.25, -0.2) is 0 Å². The molecule has 0 bridgehead atoms. The summed E-state index contributed by atoms with van der Waals surface area (Å²) in [6.07, 6.45) is 10.8. The molecule has 25 heavy (non-hydrogen) atoms. The van der Waals surface area contributed by atoms with Gasteiger partial charge in [-0.3, -0.25) is 0 Å². The predicted molar refractivity (Wildman–Crippen MR) is 111 cm³/mol. The molecule has 3 nitrogen and oxygen atoms in total. The van der Waals surface area contributed by atoms with Crippen LogP contribution in [0.1, 0.15) is 99.3 Å². The molecule has 0 unspecified atom stereocenters. The van der Waals surface area contributed by atoms with Crippen molar-refractivity contribution in [3.05, 3.63) is 0 Å². The zero-order chi connectivity index (χ0) is 18.9. The van der Waals surface area contributed by atoms with Crippen molar-refractivity contribution in [3.63, 3.8) is 0 Å². The van der Waals surface area contributed by atoms with Crippen LogP contribution >= 0.6 is 8.60 Å². The van der Waals surface area contributed by atoms with E-state index in [4.69, 9.17) is 13.6 Å². The molecule has 0 saturated heterocycles. The molecular formula is C21H45O3P. The maximum atomic E-state index is 5.90. The Labute approximate surface area is 159 Å². The lowest BCUT2D eigenvalue weighted by Gasteiger charge is -2.17. The molecule has 152 valence electrons. The molecule has 0 aliphatic rings. The van der Waals surface area contributed by atoms with E-state index in [2.05, 4.69) is 41.5 Å². The minimum atomic E-state index is -1.16. The summed E-state index contributed by atoms with van der Waals surface area (Å²) >= 11 is 0. The maximum absolute atomic E-state index is 5.90. The molecular weight excluding hydrogens is 331 g/mol. The lowest BCUT2D eigenvalue weighted by Crippen LogP contribution is -2.01. The molecule has 0 aromatic rings. The zero-order valence-electron chi connectivity index (χ0n) is 17.9. The molecule has 0 aliphatic carbocycles. The highest BCUT2D eigenvalue weighted by Gasteiger charge is 2.12. The summed E-state index contributed by atoms with van der Waals surface area (Å²) in [5, 5.41) is 0. The average molecular weight is 377 g/mol. The van der Waals surface area contributed by atoms with Crippen molar-refractivity contribution in [2.75, 3.05) is 19.8 Å². The number of rotatable bonds is 18. The fraction of sp³-hybridized carbons (Fsp3) is 1.00. The van der Waals surface area contributed by atoms with Gasteiger partial charge in [0, 0.05) is 0 Å². The normalized spacial score (nSPS) is 12.2. The van der Waals surface area contributed by atoms with Crippen LogP contribution < -0.4 is 0 Å². The van der Waals surface area contributed by atoms with E-state index < -0.39 is 8.60 Å². The van der Waals surface area contributed by atoms with E-state index in [0.717, 1.165) is 56.8 Å². The van der Waals surface area contributed by atoms with E-state index in [-0.39, 0.29) is 0 Å². The third-order valence-electron chi connectivity index (χ3n) is 4.12. The quantitative estimate of drug-likeness (QED) is 0.181. The van der Waals surface area contributed by atoms with Crippen LogP contribution in [-0.2, 0) is 13.6 Å². The summed E-state index contributed by atoms with van der Waals surface area (Å²) in [6.45, 7) is 15.9. The Morgan fingerprint density at radius 2 is 0.760 bits per heavy atom. The van der Waals surface area contributed by atoms with Gasteiger partial charge in [-0.15, -0.1) is 0 Å². The first-order valence-corrected chi connectivity index (χ1v) is 11.7. The van der Waals surface area contributed by atoms with E-state index >= 15 is 0 Å². The van der Waals surface area contributed by atoms with Gasteiger partial charge in [0.2, 0.25) is 0 Å². The minimum absolute atomic E-state index is 0.760. The van der Waals surface area contributed by atoms with E-state index in [1.807, 2.05) is 0 Å². The van der Waals surface area contributed by atoms with Crippen LogP contribution in [0.3, 0.4) is 0 Å². The van der Waals surface area contributed by atoms with Crippen LogP contribution in [0.4, 0.5) is 0 Å². The van der Waals surface area contributed by atoms with Crippen LogP contribution in [0.5, 0.6) is 0 Å². The zero-order valence-corrected chi connectivity index (χ0v) is 18.8. The van der Waals surface area contributed by atoms with E-state index in [0.29, 0.717) is 0 Å². The van der Waals surface area contributed by atoms with Crippen LogP contribution in [0, 0.1) is 17.8 Å². The monoisotopic (exact) mass is 376 g/mol. The van der Waals surface area contributed by atoms with E-state index in [1.54, 1.807) is 0 Å². The molecule has 0 aliphatic heterocycles. The van der Waals surface area contributed by atoms with Crippen molar-refractivity contribution in [2.24, 2.45) is 17.8 Å². The summed E-state index contributed by atoms with van der Waals surface area (Å²) in [5.74, 6) is 2.32. The molecule has 4 heteroatoms. The first-order valence-electron chi connectivity index (χ1n) is 10.6. The lowest BCUT2D eigenvalue weighted by molar-refractivity contribution is 0.153. The second kappa shape index (κ2) is 17.7. The van der Waals surface area contributed by atoms with E-state index in [9.17, 15) is 0 Å². The van der Waals surface area contributed by atoms with Crippen molar-refractivity contribution in [1.82, 2.24) is 0 Å². The molecule has 0 aromatic carbocycles. The van der Waals surface area contributed by atoms with Gasteiger partial charge in [-0.2, -0.15) is 0 Å². The van der Waals surface area contributed by atoms with Gasteiger partial charge in [0.1, 0.15) is 0 Å². The summed E-state index contributed by atoms with van der Waals surface area (Å²) in [7, 11) is -1.16. The molecule has 0 fully saturated rings. The van der Waals surface area contributed by atoms with Crippen LogP contribution in [0.2, 0.25) is 0 Å². The minimum Gasteiger partial charge on any atom is -0.312 e. The Morgan fingerprint density at radius 3 is 1.00 bits per heavy atom. The number of hydrogen-bond acceptors (Lipinski definition) is 3. The summed E-state index contributed by atoms with van der Waals surface area (Å²) in [4.78, 5) is 0. The summed E-state index contributed by atoms with van der Waals surface area (Å²) in [5.41, 5.74) is 0. The molecule has 0 atom stereocenters. The van der Waals surface area contributed by atoms with Gasteiger partial charge in [0.25, 0.3) is 0 Å². The highest BCUT2D eigenvalue weighted by atomic mass is 31.2. The van der Waals surface area contributed by atoms with Gasteiger partial charge in [-0.05, 0) is 37.0 Å². The molecule has 0 heterocycles. The molecule has 0 radical (unpaired) electrons. The Bertz CT molecular complexity index is 227. The van der Waals surface area contributed by atoms with Crippen molar-refractivity contribution in [3.8, 4) is 0 Å². The topological polar surface area (TPSA) is 27.7 Å². The third kappa shape index (κ3) is 20.5. The van der Waals surface area contributed by atoms with Crippen LogP contribution in [0.25, 0.3) is 0 Å². The fourth-order valence-electron chi connectivity index (χ4n) is 2.49. The Kier molecular flexibility index (Phi) is 17.9. The largest absolute Gasteiger partial charge is 0.332 e. The van der Waals surface area contributed by atoms with Crippen molar-refractivity contribution >= 4 is 8.60 Å². The molecule has 0 aromatic heterocycles. The van der Waals surface area contributed by atoms with Crippen LogP contribution in [0.15, 0.2) is 0 Å². The lowest BCUT2D eigenvalue weighted by atomic mass is 10.1. The molecule has 0 amide bonds. The van der Waals surface area contributed by atoms with Crippen molar-refractivity contribution < 1.29 is 13.6 Å². The first-order chi connectivity index (χ1) is 11.9. The molecule has 0 rings (SSSR count). The highest BCUT2D eigenvalue weighted by molar-refractivity contribution is 7.41. The Balaban J connectivity index is 3.87. The SMILES string of the molecule is CC(C)CCCCOP(OCCCCC(C)C)OCCCCC(C)C. The van der Waals surface area contributed by atoms with Crippen molar-refractivity contribution in [1.29, 1.82) is 0 Å². The maximum Gasteiger partial charge on any atom is 0.332 e. The van der Waals surface area contributed by atoms with Gasteiger partial charge in [0.15, 0.2) is 0 Å². The smallest absolute Gasteiger partial charge is 0.312 e. The standard InChI is InChI=1S/C21H45O3P/c1-19(2)13-7-10-16-22-25(23-17-11-8-14-20(3)4)24-18-12-9-15-21(5)6/h19-21H,7-18H2,1-6H3. The number of hydrogen-bond donors (Lipinski definition) is 0. The van der Waals surface area contributed by atoms with Gasteiger partial charge < -0.3 is 13.6 Å². The van der Waals surface area contributed by atoms with Gasteiger partial charge >= 0.3 is 8.60 Å². The van der Waals surface area contributed by atoms with E-state index in [1.165, 1.54) is 38.5 Å². The molecule has 0 spiro atoms. The molecule has 0 saturated carbocycles.